The third kappa shape index (κ3) is 3.04. The minimum absolute atomic E-state index is 0.0214. The predicted molar refractivity (Wildman–Crippen MR) is 79.0 cm³/mol. The zero-order valence-electron chi connectivity index (χ0n) is 12.0. The van der Waals surface area contributed by atoms with Crippen LogP contribution in [0.2, 0.25) is 0 Å². The van der Waals surface area contributed by atoms with Crippen LogP contribution in [0.25, 0.3) is 0 Å². The highest BCUT2D eigenvalue weighted by Crippen LogP contribution is 2.27. The summed E-state index contributed by atoms with van der Waals surface area (Å²) < 4.78 is 2.06. The Labute approximate surface area is 115 Å². The van der Waals surface area contributed by atoms with Crippen LogP contribution in [0, 0.1) is 0 Å². The highest BCUT2D eigenvalue weighted by atomic mass is 15.0. The van der Waals surface area contributed by atoms with Gasteiger partial charge in [-0.1, -0.05) is 44.2 Å². The smallest absolute Gasteiger partial charge is 0.108 e. The van der Waals surface area contributed by atoms with Crippen molar-refractivity contribution < 1.29 is 0 Å². The Kier molecular flexibility index (Phi) is 4.05. The van der Waals surface area contributed by atoms with Crippen LogP contribution in [0.15, 0.2) is 42.7 Å². The molecule has 1 aromatic heterocycles. The first-order chi connectivity index (χ1) is 9.01. The molecule has 0 fully saturated rings. The van der Waals surface area contributed by atoms with Gasteiger partial charge in [0.25, 0.3) is 0 Å². The molecule has 0 aliphatic rings. The second-order valence-electron chi connectivity index (χ2n) is 5.69. The quantitative estimate of drug-likeness (QED) is 0.895. The maximum absolute atomic E-state index is 6.41. The SMILES string of the molecule is Cn1ccnc1CCC(N)C(C)(C)c1ccccc1. The Balaban J connectivity index is 2.03. The summed E-state index contributed by atoms with van der Waals surface area (Å²) >= 11 is 0. The Morgan fingerprint density at radius 2 is 1.95 bits per heavy atom. The van der Waals surface area contributed by atoms with Crippen molar-refractivity contribution in [1.82, 2.24) is 9.55 Å². The number of benzene rings is 1. The molecule has 1 atom stereocenters. The molecule has 0 radical (unpaired) electrons. The summed E-state index contributed by atoms with van der Waals surface area (Å²) in [5.41, 5.74) is 7.69. The molecule has 1 heterocycles. The first kappa shape index (κ1) is 13.8. The normalized spacial score (nSPS) is 13.5. The highest BCUT2D eigenvalue weighted by Gasteiger charge is 2.28. The standard InChI is InChI=1S/C16H23N3/c1-16(2,13-7-5-4-6-8-13)14(17)9-10-15-18-11-12-19(15)3/h4-8,11-12,14H,9-10,17H2,1-3H3. The summed E-state index contributed by atoms with van der Waals surface area (Å²) in [5, 5.41) is 0. The van der Waals surface area contributed by atoms with Crippen molar-refractivity contribution in [3.05, 3.63) is 54.1 Å². The minimum Gasteiger partial charge on any atom is -0.338 e. The van der Waals surface area contributed by atoms with E-state index >= 15 is 0 Å². The van der Waals surface area contributed by atoms with Crippen molar-refractivity contribution in [3.63, 3.8) is 0 Å². The molecule has 2 aromatic rings. The molecule has 3 heteroatoms. The van der Waals surface area contributed by atoms with Gasteiger partial charge in [-0.3, -0.25) is 0 Å². The number of imidazole rings is 1. The molecule has 0 saturated heterocycles. The Bertz CT molecular complexity index is 514. The fourth-order valence-electron chi connectivity index (χ4n) is 2.36. The molecular weight excluding hydrogens is 234 g/mol. The van der Waals surface area contributed by atoms with E-state index in [1.54, 1.807) is 0 Å². The lowest BCUT2D eigenvalue weighted by atomic mass is 9.76. The lowest BCUT2D eigenvalue weighted by molar-refractivity contribution is 0.385. The van der Waals surface area contributed by atoms with Gasteiger partial charge < -0.3 is 10.3 Å². The van der Waals surface area contributed by atoms with Crippen molar-refractivity contribution in [1.29, 1.82) is 0 Å². The number of hydrogen-bond donors (Lipinski definition) is 1. The Hall–Kier alpha value is -1.61. The highest BCUT2D eigenvalue weighted by molar-refractivity contribution is 5.25. The third-order valence-electron chi connectivity index (χ3n) is 4.04. The largest absolute Gasteiger partial charge is 0.338 e. The lowest BCUT2D eigenvalue weighted by Gasteiger charge is -2.32. The zero-order chi connectivity index (χ0) is 13.9. The topological polar surface area (TPSA) is 43.8 Å². The monoisotopic (exact) mass is 257 g/mol. The maximum Gasteiger partial charge on any atom is 0.108 e. The molecule has 3 nitrogen and oxygen atoms in total. The van der Waals surface area contributed by atoms with Crippen LogP contribution in [0.5, 0.6) is 0 Å². The summed E-state index contributed by atoms with van der Waals surface area (Å²) in [7, 11) is 2.02. The third-order valence-corrected chi connectivity index (χ3v) is 4.04. The molecule has 0 amide bonds. The van der Waals surface area contributed by atoms with Crippen LogP contribution >= 0.6 is 0 Å². The van der Waals surface area contributed by atoms with Gasteiger partial charge >= 0.3 is 0 Å². The van der Waals surface area contributed by atoms with Crippen LogP contribution < -0.4 is 5.73 Å². The summed E-state index contributed by atoms with van der Waals surface area (Å²) in [6.45, 7) is 4.43. The number of nitrogens with zero attached hydrogens (tertiary/aromatic N) is 2. The molecule has 1 unspecified atom stereocenters. The average Bonchev–Trinajstić information content (AvgIpc) is 2.82. The summed E-state index contributed by atoms with van der Waals surface area (Å²) in [6, 6.07) is 10.6. The minimum atomic E-state index is -0.0214. The van der Waals surface area contributed by atoms with E-state index in [0.29, 0.717) is 0 Å². The molecule has 2 N–H and O–H groups in total. The molecule has 0 aliphatic carbocycles. The van der Waals surface area contributed by atoms with Gasteiger partial charge in [0.1, 0.15) is 5.82 Å². The van der Waals surface area contributed by atoms with E-state index in [0.717, 1.165) is 18.7 Å². The van der Waals surface area contributed by atoms with Crippen LogP contribution in [-0.4, -0.2) is 15.6 Å². The first-order valence-electron chi connectivity index (χ1n) is 6.79. The van der Waals surface area contributed by atoms with Crippen molar-refractivity contribution in [2.45, 2.75) is 38.1 Å². The van der Waals surface area contributed by atoms with Crippen molar-refractivity contribution in [3.8, 4) is 0 Å². The second-order valence-corrected chi connectivity index (χ2v) is 5.69. The zero-order valence-corrected chi connectivity index (χ0v) is 12.0. The maximum atomic E-state index is 6.41. The first-order valence-corrected chi connectivity index (χ1v) is 6.79. The second kappa shape index (κ2) is 5.57. The average molecular weight is 257 g/mol. The van der Waals surface area contributed by atoms with Crippen molar-refractivity contribution in [2.24, 2.45) is 12.8 Å². The van der Waals surface area contributed by atoms with Gasteiger partial charge in [0.05, 0.1) is 0 Å². The summed E-state index contributed by atoms with van der Waals surface area (Å²) in [5.74, 6) is 1.10. The summed E-state index contributed by atoms with van der Waals surface area (Å²) in [6.07, 6.45) is 5.67. The molecule has 19 heavy (non-hydrogen) atoms. The fourth-order valence-corrected chi connectivity index (χ4v) is 2.36. The van der Waals surface area contributed by atoms with Crippen molar-refractivity contribution in [2.75, 3.05) is 0 Å². The van der Waals surface area contributed by atoms with E-state index in [9.17, 15) is 0 Å². The van der Waals surface area contributed by atoms with Crippen LogP contribution in [0.1, 0.15) is 31.7 Å². The number of aromatic nitrogens is 2. The van der Waals surface area contributed by atoms with Gasteiger partial charge in [-0.05, 0) is 12.0 Å². The van der Waals surface area contributed by atoms with Crippen LogP contribution in [0.4, 0.5) is 0 Å². The fraction of sp³-hybridized carbons (Fsp3) is 0.438. The molecule has 2 rings (SSSR count). The van der Waals surface area contributed by atoms with Crippen molar-refractivity contribution >= 4 is 0 Å². The van der Waals surface area contributed by atoms with Gasteiger partial charge in [-0.2, -0.15) is 0 Å². The predicted octanol–water partition coefficient (Wildman–Crippen LogP) is 2.66. The van der Waals surface area contributed by atoms with E-state index in [1.165, 1.54) is 5.56 Å². The Morgan fingerprint density at radius 3 is 2.53 bits per heavy atom. The van der Waals surface area contributed by atoms with E-state index in [1.807, 2.05) is 25.5 Å². The number of hydrogen-bond acceptors (Lipinski definition) is 2. The molecule has 0 spiro atoms. The molecule has 0 saturated carbocycles. The number of nitrogens with two attached hydrogens (primary N) is 1. The van der Waals surface area contributed by atoms with Gasteiger partial charge in [0.15, 0.2) is 0 Å². The lowest BCUT2D eigenvalue weighted by Crippen LogP contribution is -2.41. The Morgan fingerprint density at radius 1 is 1.26 bits per heavy atom. The van der Waals surface area contributed by atoms with E-state index in [-0.39, 0.29) is 11.5 Å². The van der Waals surface area contributed by atoms with E-state index in [2.05, 4.69) is 47.7 Å². The molecule has 0 bridgehead atoms. The molecule has 0 aliphatic heterocycles. The van der Waals surface area contributed by atoms with Crippen LogP contribution in [-0.2, 0) is 18.9 Å². The van der Waals surface area contributed by atoms with Gasteiger partial charge in [-0.15, -0.1) is 0 Å². The molecular formula is C16H23N3. The molecule has 1 aromatic carbocycles. The number of aryl methyl sites for hydroxylation is 2. The summed E-state index contributed by atoms with van der Waals surface area (Å²) in [4.78, 5) is 4.35. The van der Waals surface area contributed by atoms with Gasteiger partial charge in [0, 0.05) is 37.3 Å². The molecule has 102 valence electrons. The van der Waals surface area contributed by atoms with E-state index in [4.69, 9.17) is 5.73 Å². The van der Waals surface area contributed by atoms with Gasteiger partial charge in [-0.25, -0.2) is 4.98 Å². The van der Waals surface area contributed by atoms with Gasteiger partial charge in [0.2, 0.25) is 0 Å². The number of rotatable bonds is 5. The van der Waals surface area contributed by atoms with Crippen LogP contribution in [0.3, 0.4) is 0 Å². The van der Waals surface area contributed by atoms with E-state index < -0.39 is 0 Å².